The fraction of sp³-hybridized carbons (Fsp3) is 0.571. The van der Waals surface area contributed by atoms with Gasteiger partial charge >= 0.3 is 0 Å². The Morgan fingerprint density at radius 2 is 2.06 bits per heavy atom. The second-order valence-corrected chi connectivity index (χ2v) is 6.17. The SMILES string of the molecule is Clc1ccc([C@@]23CCCC[C@H]2CNC3)cc1Cl. The van der Waals surface area contributed by atoms with E-state index in [-0.39, 0.29) is 0 Å². The highest BCUT2D eigenvalue weighted by molar-refractivity contribution is 6.42. The van der Waals surface area contributed by atoms with Crippen LogP contribution < -0.4 is 5.32 Å². The molecule has 1 saturated heterocycles. The second-order valence-electron chi connectivity index (χ2n) is 5.36. The van der Waals surface area contributed by atoms with Gasteiger partial charge < -0.3 is 5.32 Å². The van der Waals surface area contributed by atoms with Crippen LogP contribution in [0.5, 0.6) is 0 Å². The molecule has 1 aliphatic carbocycles. The summed E-state index contributed by atoms with van der Waals surface area (Å²) in [5, 5.41) is 4.91. The van der Waals surface area contributed by atoms with Crippen LogP contribution in [0.2, 0.25) is 10.0 Å². The number of benzene rings is 1. The summed E-state index contributed by atoms with van der Waals surface area (Å²) >= 11 is 12.2. The van der Waals surface area contributed by atoms with Crippen molar-refractivity contribution in [2.45, 2.75) is 31.1 Å². The molecule has 2 fully saturated rings. The lowest BCUT2D eigenvalue weighted by Crippen LogP contribution is -2.37. The first kappa shape index (κ1) is 11.8. The number of rotatable bonds is 1. The highest BCUT2D eigenvalue weighted by Gasteiger charge is 2.45. The number of hydrogen-bond acceptors (Lipinski definition) is 1. The molecule has 1 heterocycles. The smallest absolute Gasteiger partial charge is 0.0595 e. The molecule has 2 atom stereocenters. The van der Waals surface area contributed by atoms with E-state index >= 15 is 0 Å². The summed E-state index contributed by atoms with van der Waals surface area (Å²) in [7, 11) is 0. The topological polar surface area (TPSA) is 12.0 Å². The van der Waals surface area contributed by atoms with Crippen molar-refractivity contribution >= 4 is 23.2 Å². The Balaban J connectivity index is 2.02. The van der Waals surface area contributed by atoms with Crippen LogP contribution >= 0.6 is 23.2 Å². The van der Waals surface area contributed by atoms with Gasteiger partial charge in [-0.3, -0.25) is 0 Å². The van der Waals surface area contributed by atoms with Crippen LogP contribution in [-0.2, 0) is 5.41 Å². The average Bonchev–Trinajstić information content (AvgIpc) is 2.77. The quantitative estimate of drug-likeness (QED) is 0.812. The molecule has 0 amide bonds. The van der Waals surface area contributed by atoms with Crippen LogP contribution in [0, 0.1) is 5.92 Å². The van der Waals surface area contributed by atoms with Crippen LogP contribution in [0.1, 0.15) is 31.2 Å². The molecular weight excluding hydrogens is 253 g/mol. The first-order valence-corrected chi connectivity index (χ1v) is 7.14. The highest BCUT2D eigenvalue weighted by atomic mass is 35.5. The van der Waals surface area contributed by atoms with E-state index in [1.54, 1.807) is 0 Å². The van der Waals surface area contributed by atoms with Gasteiger partial charge in [-0.15, -0.1) is 0 Å². The van der Waals surface area contributed by atoms with Crippen LogP contribution in [0.3, 0.4) is 0 Å². The third kappa shape index (κ3) is 1.89. The zero-order chi connectivity index (χ0) is 11.9. The van der Waals surface area contributed by atoms with Gasteiger partial charge in [0.25, 0.3) is 0 Å². The zero-order valence-corrected chi connectivity index (χ0v) is 11.3. The fourth-order valence-electron chi connectivity index (χ4n) is 3.60. The van der Waals surface area contributed by atoms with Crippen molar-refractivity contribution < 1.29 is 0 Å². The Morgan fingerprint density at radius 1 is 1.18 bits per heavy atom. The van der Waals surface area contributed by atoms with E-state index in [0.717, 1.165) is 19.0 Å². The summed E-state index contributed by atoms with van der Waals surface area (Å²) in [6.45, 7) is 2.25. The van der Waals surface area contributed by atoms with Crippen LogP contribution in [-0.4, -0.2) is 13.1 Å². The summed E-state index contributed by atoms with van der Waals surface area (Å²) in [5.41, 5.74) is 1.69. The Bertz CT molecular complexity index is 432. The summed E-state index contributed by atoms with van der Waals surface area (Å²) in [4.78, 5) is 0. The highest BCUT2D eigenvalue weighted by Crippen LogP contribution is 2.46. The fourth-order valence-corrected chi connectivity index (χ4v) is 3.90. The van der Waals surface area contributed by atoms with E-state index in [9.17, 15) is 0 Å². The molecule has 1 nitrogen and oxygen atoms in total. The molecule has 1 aromatic rings. The van der Waals surface area contributed by atoms with Gasteiger partial charge in [0.1, 0.15) is 0 Å². The Hall–Kier alpha value is -0.240. The van der Waals surface area contributed by atoms with Crippen molar-refractivity contribution in [3.8, 4) is 0 Å². The molecule has 1 aromatic carbocycles. The lowest BCUT2D eigenvalue weighted by molar-refractivity contribution is 0.243. The molecule has 3 rings (SSSR count). The summed E-state index contributed by atoms with van der Waals surface area (Å²) in [6.07, 6.45) is 5.32. The largest absolute Gasteiger partial charge is 0.316 e. The molecule has 0 bridgehead atoms. The van der Waals surface area contributed by atoms with E-state index in [0.29, 0.717) is 15.5 Å². The average molecular weight is 270 g/mol. The molecule has 1 saturated carbocycles. The van der Waals surface area contributed by atoms with Gasteiger partial charge in [0.15, 0.2) is 0 Å². The second kappa shape index (κ2) is 4.46. The maximum absolute atomic E-state index is 6.17. The standard InChI is InChI=1S/C14H17Cl2N/c15-12-5-4-10(7-13(12)16)14-6-2-1-3-11(14)8-17-9-14/h4-5,7,11,17H,1-3,6,8-9H2/t11-,14-/m0/s1. The Morgan fingerprint density at radius 3 is 2.88 bits per heavy atom. The van der Waals surface area contributed by atoms with Gasteiger partial charge in [0.2, 0.25) is 0 Å². The van der Waals surface area contributed by atoms with Gasteiger partial charge in [-0.05, 0) is 43.0 Å². The number of halogens is 2. The van der Waals surface area contributed by atoms with Crippen molar-refractivity contribution in [3.63, 3.8) is 0 Å². The van der Waals surface area contributed by atoms with Crippen molar-refractivity contribution in [3.05, 3.63) is 33.8 Å². The molecule has 1 aliphatic heterocycles. The monoisotopic (exact) mass is 269 g/mol. The van der Waals surface area contributed by atoms with Crippen LogP contribution in [0.25, 0.3) is 0 Å². The van der Waals surface area contributed by atoms with Gasteiger partial charge in [-0.1, -0.05) is 42.1 Å². The van der Waals surface area contributed by atoms with Crippen LogP contribution in [0.4, 0.5) is 0 Å². The van der Waals surface area contributed by atoms with Gasteiger partial charge in [0, 0.05) is 12.0 Å². The minimum absolute atomic E-state index is 0.312. The van der Waals surface area contributed by atoms with Crippen molar-refractivity contribution in [2.24, 2.45) is 5.92 Å². The van der Waals surface area contributed by atoms with Gasteiger partial charge in [-0.2, -0.15) is 0 Å². The van der Waals surface area contributed by atoms with Crippen molar-refractivity contribution in [2.75, 3.05) is 13.1 Å². The summed E-state index contributed by atoms with van der Waals surface area (Å²) < 4.78 is 0. The van der Waals surface area contributed by atoms with Gasteiger partial charge in [-0.25, -0.2) is 0 Å². The summed E-state index contributed by atoms with van der Waals surface area (Å²) in [6, 6.07) is 6.19. The van der Waals surface area contributed by atoms with E-state index in [2.05, 4.69) is 17.4 Å². The molecule has 0 aromatic heterocycles. The molecule has 92 valence electrons. The molecule has 0 unspecified atom stereocenters. The first-order valence-electron chi connectivity index (χ1n) is 6.39. The van der Waals surface area contributed by atoms with Crippen LogP contribution in [0.15, 0.2) is 18.2 Å². The van der Waals surface area contributed by atoms with Crippen molar-refractivity contribution in [1.29, 1.82) is 0 Å². The maximum Gasteiger partial charge on any atom is 0.0595 e. The van der Waals surface area contributed by atoms with Crippen molar-refractivity contribution in [1.82, 2.24) is 5.32 Å². The molecule has 0 spiro atoms. The third-order valence-electron chi connectivity index (χ3n) is 4.53. The number of fused-ring (bicyclic) bond motifs is 1. The molecule has 2 aliphatic rings. The normalized spacial score (nSPS) is 32.5. The predicted octanol–water partition coefficient (Wildman–Crippen LogP) is 4.02. The van der Waals surface area contributed by atoms with Gasteiger partial charge in [0.05, 0.1) is 10.0 Å². The third-order valence-corrected chi connectivity index (χ3v) is 5.27. The van der Waals surface area contributed by atoms with E-state index in [4.69, 9.17) is 23.2 Å². The lowest BCUT2D eigenvalue weighted by Gasteiger charge is -2.39. The lowest BCUT2D eigenvalue weighted by atomic mass is 9.64. The van der Waals surface area contributed by atoms with E-state index in [1.807, 2.05) is 6.07 Å². The molecule has 0 radical (unpaired) electrons. The number of hydrogen-bond donors (Lipinski definition) is 1. The molecule has 17 heavy (non-hydrogen) atoms. The number of nitrogens with one attached hydrogen (secondary N) is 1. The Labute approximate surface area is 112 Å². The molecule has 3 heteroatoms. The zero-order valence-electron chi connectivity index (χ0n) is 9.81. The van der Waals surface area contributed by atoms with E-state index < -0.39 is 0 Å². The minimum atomic E-state index is 0.312. The Kier molecular flexibility index (Phi) is 3.10. The minimum Gasteiger partial charge on any atom is -0.316 e. The first-order chi connectivity index (χ1) is 8.22. The van der Waals surface area contributed by atoms with E-state index in [1.165, 1.54) is 31.2 Å². The summed E-state index contributed by atoms with van der Waals surface area (Å²) in [5.74, 6) is 0.772. The molecule has 1 N–H and O–H groups in total. The maximum atomic E-state index is 6.17. The molecular formula is C14H17Cl2N. The predicted molar refractivity (Wildman–Crippen MR) is 73.0 cm³/mol.